The van der Waals surface area contributed by atoms with Crippen LogP contribution < -0.4 is 12.4 Å². The largest absolute Gasteiger partial charge is 1.00 e. The van der Waals surface area contributed by atoms with Crippen molar-refractivity contribution in [2.24, 2.45) is 0 Å². The van der Waals surface area contributed by atoms with E-state index in [0.29, 0.717) is 6.61 Å². The Balaban J connectivity index is 0. The second-order valence-electron chi connectivity index (χ2n) is 8.92. The number of hydrogen-bond donors (Lipinski definition) is 1. The van der Waals surface area contributed by atoms with E-state index in [2.05, 4.69) is 20.6 Å². The van der Waals surface area contributed by atoms with Crippen molar-refractivity contribution in [2.75, 3.05) is 33.3 Å². The molecule has 0 rings (SSSR count). The molecule has 170 valence electrons. The van der Waals surface area contributed by atoms with Gasteiger partial charge < -0.3 is 22.0 Å². The van der Waals surface area contributed by atoms with Crippen molar-refractivity contribution in [2.45, 2.75) is 116 Å². The van der Waals surface area contributed by atoms with E-state index in [1.165, 1.54) is 109 Å². The first-order valence-corrected chi connectivity index (χ1v) is 12.2. The molecule has 0 aromatic carbocycles. The molecule has 0 heterocycles. The highest BCUT2D eigenvalue weighted by atomic mass is 35.5. The van der Waals surface area contributed by atoms with Gasteiger partial charge in [0, 0.05) is 13.0 Å². The summed E-state index contributed by atoms with van der Waals surface area (Å²) in [5.74, 6) is 0. The van der Waals surface area contributed by atoms with Gasteiger partial charge in [0.1, 0.15) is 0 Å². The maximum atomic E-state index is 9.07. The lowest BCUT2D eigenvalue weighted by atomic mass is 10.0. The average Bonchev–Trinajstić information content (AvgIpc) is 2.66. The molecule has 0 amide bonds. The first kappa shape index (κ1) is 30.1. The zero-order chi connectivity index (χ0) is 20.1. The van der Waals surface area contributed by atoms with Crippen molar-refractivity contribution in [3.8, 4) is 0 Å². The monoisotopic (exact) mass is 417 g/mol. The van der Waals surface area contributed by atoms with Crippen LogP contribution in [0.15, 0.2) is 12.7 Å². The van der Waals surface area contributed by atoms with Crippen LogP contribution in [-0.4, -0.2) is 42.9 Å². The van der Waals surface area contributed by atoms with Gasteiger partial charge in [0.05, 0.1) is 26.7 Å². The molecule has 0 radical (unpaired) electrons. The molecule has 3 heteroatoms. The minimum atomic E-state index is 0. The highest BCUT2D eigenvalue weighted by Crippen LogP contribution is 2.14. The standard InChI is InChI=1S/C25H52NO.ClH/c1-4-6-7-8-9-10-11-12-13-14-15-16-17-18-19-20-23-26(3,22-5-2)24-21-25-27;/h5,27H,2,4,6-25H2,1,3H3;1H/q+1;/p-1. The number of nitrogens with zero attached hydrogens (tertiary/aromatic N) is 1. The number of aliphatic hydroxyl groups excluding tert-OH is 1. The molecule has 0 saturated carbocycles. The second-order valence-corrected chi connectivity index (χ2v) is 8.92. The third-order valence-electron chi connectivity index (χ3n) is 5.98. The molecule has 28 heavy (non-hydrogen) atoms. The summed E-state index contributed by atoms with van der Waals surface area (Å²) in [5, 5.41) is 9.07. The topological polar surface area (TPSA) is 20.2 Å². The van der Waals surface area contributed by atoms with E-state index in [1.807, 2.05) is 6.08 Å². The van der Waals surface area contributed by atoms with E-state index >= 15 is 0 Å². The van der Waals surface area contributed by atoms with Gasteiger partial charge in [-0.3, -0.25) is 0 Å². The highest BCUT2D eigenvalue weighted by molar-refractivity contribution is 4.65. The lowest BCUT2D eigenvalue weighted by Crippen LogP contribution is -3.00. The fourth-order valence-electron chi connectivity index (χ4n) is 4.10. The molecule has 0 aromatic heterocycles. The fourth-order valence-corrected chi connectivity index (χ4v) is 4.10. The van der Waals surface area contributed by atoms with E-state index in [-0.39, 0.29) is 12.4 Å². The Labute approximate surface area is 184 Å². The molecule has 1 atom stereocenters. The van der Waals surface area contributed by atoms with Crippen LogP contribution in [0.2, 0.25) is 0 Å². The molecule has 2 nitrogen and oxygen atoms in total. The summed E-state index contributed by atoms with van der Waals surface area (Å²) in [6, 6.07) is 0. The number of halogens is 1. The summed E-state index contributed by atoms with van der Waals surface area (Å²) in [5.41, 5.74) is 0. The van der Waals surface area contributed by atoms with E-state index in [4.69, 9.17) is 5.11 Å². The fraction of sp³-hybridized carbons (Fsp3) is 0.920. The SMILES string of the molecule is C=CC[N+](C)(CCCO)CCCCCCCCCCCCCCCCCC.[Cl-]. The lowest BCUT2D eigenvalue weighted by Gasteiger charge is -2.33. The van der Waals surface area contributed by atoms with Gasteiger partial charge in [0.2, 0.25) is 0 Å². The smallest absolute Gasteiger partial charge is 0.0969 e. The van der Waals surface area contributed by atoms with Crippen LogP contribution in [-0.2, 0) is 0 Å². The molecule has 1 unspecified atom stereocenters. The minimum Gasteiger partial charge on any atom is -1.00 e. The summed E-state index contributed by atoms with van der Waals surface area (Å²) in [4.78, 5) is 0. The molecule has 0 aliphatic heterocycles. The van der Waals surface area contributed by atoms with E-state index in [0.717, 1.165) is 24.0 Å². The summed E-state index contributed by atoms with van der Waals surface area (Å²) < 4.78 is 1.04. The third-order valence-corrected chi connectivity index (χ3v) is 5.98. The predicted molar refractivity (Wildman–Crippen MR) is 122 cm³/mol. The van der Waals surface area contributed by atoms with Crippen molar-refractivity contribution in [3.05, 3.63) is 12.7 Å². The van der Waals surface area contributed by atoms with Crippen LogP contribution in [0.3, 0.4) is 0 Å². The lowest BCUT2D eigenvalue weighted by molar-refractivity contribution is -0.904. The Kier molecular flexibility index (Phi) is 25.0. The van der Waals surface area contributed by atoms with Gasteiger partial charge in [-0.2, -0.15) is 0 Å². The van der Waals surface area contributed by atoms with Gasteiger partial charge >= 0.3 is 0 Å². The molecular weight excluding hydrogens is 366 g/mol. The van der Waals surface area contributed by atoms with Crippen molar-refractivity contribution in [1.29, 1.82) is 0 Å². The van der Waals surface area contributed by atoms with Crippen molar-refractivity contribution < 1.29 is 22.0 Å². The maximum Gasteiger partial charge on any atom is 0.0969 e. The van der Waals surface area contributed by atoms with Gasteiger partial charge in [-0.25, -0.2) is 0 Å². The van der Waals surface area contributed by atoms with Gasteiger partial charge in [0.25, 0.3) is 0 Å². The molecule has 1 N–H and O–H groups in total. The number of quaternary nitrogens is 1. The quantitative estimate of drug-likeness (QED) is 0.158. The Morgan fingerprint density at radius 1 is 0.643 bits per heavy atom. The van der Waals surface area contributed by atoms with Crippen molar-refractivity contribution >= 4 is 0 Å². The zero-order valence-corrected chi connectivity index (χ0v) is 20.2. The Morgan fingerprint density at radius 2 is 1.00 bits per heavy atom. The molecule has 0 aromatic rings. The van der Waals surface area contributed by atoms with E-state index in [9.17, 15) is 0 Å². The van der Waals surface area contributed by atoms with Crippen LogP contribution in [0.1, 0.15) is 116 Å². The molecule has 0 bridgehead atoms. The number of rotatable bonds is 22. The molecule has 0 aliphatic rings. The first-order chi connectivity index (χ1) is 13.2. The van der Waals surface area contributed by atoms with E-state index < -0.39 is 0 Å². The summed E-state index contributed by atoms with van der Waals surface area (Å²) in [7, 11) is 2.31. The normalized spacial score (nSPS) is 13.1. The van der Waals surface area contributed by atoms with Crippen molar-refractivity contribution in [1.82, 2.24) is 0 Å². The van der Waals surface area contributed by atoms with E-state index in [1.54, 1.807) is 0 Å². The average molecular weight is 418 g/mol. The molecule has 0 fully saturated rings. The van der Waals surface area contributed by atoms with Crippen LogP contribution >= 0.6 is 0 Å². The summed E-state index contributed by atoms with van der Waals surface area (Å²) in [6.45, 7) is 9.83. The van der Waals surface area contributed by atoms with Crippen LogP contribution in [0.5, 0.6) is 0 Å². The van der Waals surface area contributed by atoms with Gasteiger partial charge in [0.15, 0.2) is 0 Å². The molecule has 0 saturated heterocycles. The minimum absolute atomic E-state index is 0. The summed E-state index contributed by atoms with van der Waals surface area (Å²) >= 11 is 0. The Bertz CT molecular complexity index is 311. The van der Waals surface area contributed by atoms with Gasteiger partial charge in [-0.1, -0.05) is 103 Å². The number of aliphatic hydroxyl groups is 1. The van der Waals surface area contributed by atoms with Crippen LogP contribution in [0, 0.1) is 0 Å². The predicted octanol–water partition coefficient (Wildman–Crippen LogP) is 4.27. The molecule has 0 spiro atoms. The maximum absolute atomic E-state index is 9.07. The van der Waals surface area contributed by atoms with Gasteiger partial charge in [-0.15, -0.1) is 0 Å². The highest BCUT2D eigenvalue weighted by Gasteiger charge is 2.18. The van der Waals surface area contributed by atoms with Gasteiger partial charge in [-0.05, 0) is 18.9 Å². The third kappa shape index (κ3) is 20.7. The Morgan fingerprint density at radius 3 is 1.36 bits per heavy atom. The summed E-state index contributed by atoms with van der Waals surface area (Å²) in [6.07, 6.45) is 25.7. The molecule has 0 aliphatic carbocycles. The zero-order valence-electron chi connectivity index (χ0n) is 19.4. The number of unbranched alkanes of at least 4 members (excludes halogenated alkanes) is 15. The second kappa shape index (κ2) is 23.2. The van der Waals surface area contributed by atoms with Crippen LogP contribution in [0.4, 0.5) is 0 Å². The molecular formula is C25H52ClNO. The van der Waals surface area contributed by atoms with Crippen molar-refractivity contribution in [3.63, 3.8) is 0 Å². The van der Waals surface area contributed by atoms with Crippen LogP contribution in [0.25, 0.3) is 0 Å². The number of likely N-dealkylation sites (N-methyl/N-ethyl adjacent to an activating group) is 1. The Hall–Kier alpha value is -0.0500. The first-order valence-electron chi connectivity index (χ1n) is 12.2. The number of hydrogen-bond acceptors (Lipinski definition) is 1.